The molecule has 2 aromatic carbocycles. The molecule has 0 atom stereocenters. The number of hydrogen-bond donors (Lipinski definition) is 1. The Labute approximate surface area is 125 Å². The van der Waals surface area contributed by atoms with E-state index in [4.69, 9.17) is 11.6 Å². The zero-order valence-corrected chi connectivity index (χ0v) is 11.8. The average molecular weight is 308 g/mol. The number of anilines is 1. The number of amides is 1. The highest BCUT2D eigenvalue weighted by Gasteiger charge is 2.52. The summed E-state index contributed by atoms with van der Waals surface area (Å²) in [5.41, 5.74) is -0.170. The van der Waals surface area contributed by atoms with Crippen LogP contribution in [0.25, 0.3) is 0 Å². The van der Waals surface area contributed by atoms with Gasteiger partial charge in [0.05, 0.1) is 11.1 Å². The number of carbonyl (C=O) groups excluding carboxylic acids is 1. The van der Waals surface area contributed by atoms with Gasteiger partial charge in [0.15, 0.2) is 0 Å². The molecule has 3 rings (SSSR count). The van der Waals surface area contributed by atoms with Gasteiger partial charge in [-0.05, 0) is 36.6 Å². The van der Waals surface area contributed by atoms with Gasteiger partial charge in [0.25, 0.3) is 0 Å². The Bertz CT molecular complexity index is 713. The second-order valence-corrected chi connectivity index (χ2v) is 5.55. The standard InChI is InChI=1S/C16H12ClF2NO/c17-12-4-2-1-3-11(12)16(7-8-16)15(21)20-14-9-10(18)5-6-13(14)19/h1-6,9H,7-8H2,(H,20,21). The van der Waals surface area contributed by atoms with E-state index in [1.54, 1.807) is 24.3 Å². The first-order valence-electron chi connectivity index (χ1n) is 6.54. The minimum Gasteiger partial charge on any atom is -0.323 e. The van der Waals surface area contributed by atoms with Crippen molar-refractivity contribution in [2.45, 2.75) is 18.3 Å². The maximum atomic E-state index is 13.6. The van der Waals surface area contributed by atoms with Crippen molar-refractivity contribution in [1.29, 1.82) is 0 Å². The van der Waals surface area contributed by atoms with E-state index >= 15 is 0 Å². The number of nitrogens with one attached hydrogen (secondary N) is 1. The van der Waals surface area contributed by atoms with Gasteiger partial charge in [-0.2, -0.15) is 0 Å². The molecular weight excluding hydrogens is 296 g/mol. The Morgan fingerprint density at radius 1 is 1.14 bits per heavy atom. The fourth-order valence-corrected chi connectivity index (χ4v) is 2.74. The molecule has 2 nitrogen and oxygen atoms in total. The topological polar surface area (TPSA) is 29.1 Å². The summed E-state index contributed by atoms with van der Waals surface area (Å²) in [6.07, 6.45) is 1.28. The Kier molecular flexibility index (Phi) is 3.41. The van der Waals surface area contributed by atoms with Crippen molar-refractivity contribution in [3.8, 4) is 0 Å². The normalized spacial score (nSPS) is 15.6. The maximum absolute atomic E-state index is 13.6. The number of rotatable bonds is 3. The summed E-state index contributed by atoms with van der Waals surface area (Å²) in [4.78, 5) is 12.5. The molecule has 1 aliphatic carbocycles. The highest BCUT2D eigenvalue weighted by atomic mass is 35.5. The van der Waals surface area contributed by atoms with Crippen LogP contribution in [0.15, 0.2) is 42.5 Å². The summed E-state index contributed by atoms with van der Waals surface area (Å²) in [7, 11) is 0. The maximum Gasteiger partial charge on any atom is 0.235 e. The molecule has 1 amide bonds. The summed E-state index contributed by atoms with van der Waals surface area (Å²) in [6, 6.07) is 10.1. The van der Waals surface area contributed by atoms with E-state index in [0.29, 0.717) is 17.9 Å². The summed E-state index contributed by atoms with van der Waals surface area (Å²) in [5, 5.41) is 2.97. The lowest BCUT2D eigenvalue weighted by Crippen LogP contribution is -2.28. The molecule has 0 spiro atoms. The van der Waals surface area contributed by atoms with Crippen molar-refractivity contribution in [3.05, 3.63) is 64.7 Å². The third-order valence-corrected chi connectivity index (χ3v) is 4.08. The zero-order valence-electron chi connectivity index (χ0n) is 11.0. The number of halogens is 3. The highest BCUT2D eigenvalue weighted by Crippen LogP contribution is 2.51. The second kappa shape index (κ2) is 5.11. The van der Waals surface area contributed by atoms with Crippen LogP contribution in [0.3, 0.4) is 0 Å². The van der Waals surface area contributed by atoms with Gasteiger partial charge in [0.1, 0.15) is 11.6 Å². The van der Waals surface area contributed by atoms with Gasteiger partial charge in [0, 0.05) is 11.1 Å². The predicted molar refractivity (Wildman–Crippen MR) is 77.4 cm³/mol. The lowest BCUT2D eigenvalue weighted by molar-refractivity contribution is -0.118. The predicted octanol–water partition coefficient (Wildman–Crippen LogP) is 4.29. The Morgan fingerprint density at radius 3 is 2.52 bits per heavy atom. The Balaban J connectivity index is 1.89. The Morgan fingerprint density at radius 2 is 1.86 bits per heavy atom. The molecule has 0 unspecified atom stereocenters. The van der Waals surface area contributed by atoms with Crippen molar-refractivity contribution in [2.24, 2.45) is 0 Å². The van der Waals surface area contributed by atoms with Crippen LogP contribution in [0.2, 0.25) is 5.02 Å². The molecule has 5 heteroatoms. The van der Waals surface area contributed by atoms with E-state index in [9.17, 15) is 13.6 Å². The van der Waals surface area contributed by atoms with Gasteiger partial charge < -0.3 is 5.32 Å². The van der Waals surface area contributed by atoms with Crippen LogP contribution in [0, 0.1) is 11.6 Å². The molecule has 21 heavy (non-hydrogen) atoms. The molecule has 0 bridgehead atoms. The van der Waals surface area contributed by atoms with Crippen LogP contribution in [0.5, 0.6) is 0 Å². The van der Waals surface area contributed by atoms with E-state index in [1.807, 2.05) is 0 Å². The summed E-state index contributed by atoms with van der Waals surface area (Å²) in [6.45, 7) is 0. The fraction of sp³-hybridized carbons (Fsp3) is 0.188. The molecule has 0 radical (unpaired) electrons. The van der Waals surface area contributed by atoms with Crippen molar-refractivity contribution in [3.63, 3.8) is 0 Å². The first kappa shape index (κ1) is 14.0. The van der Waals surface area contributed by atoms with Crippen LogP contribution in [-0.2, 0) is 10.2 Å². The zero-order chi connectivity index (χ0) is 15.0. The van der Waals surface area contributed by atoms with E-state index in [2.05, 4.69) is 5.32 Å². The monoisotopic (exact) mass is 307 g/mol. The van der Waals surface area contributed by atoms with Crippen molar-refractivity contribution in [1.82, 2.24) is 0 Å². The smallest absolute Gasteiger partial charge is 0.235 e. The van der Waals surface area contributed by atoms with Crippen molar-refractivity contribution in [2.75, 3.05) is 5.32 Å². The van der Waals surface area contributed by atoms with E-state index in [-0.39, 0.29) is 11.6 Å². The molecule has 1 fully saturated rings. The number of carbonyl (C=O) groups is 1. The number of hydrogen-bond acceptors (Lipinski definition) is 1. The fourth-order valence-electron chi connectivity index (χ4n) is 2.43. The van der Waals surface area contributed by atoms with Gasteiger partial charge in [-0.1, -0.05) is 29.8 Å². The first-order chi connectivity index (χ1) is 10.0. The molecule has 1 aliphatic rings. The summed E-state index contributed by atoms with van der Waals surface area (Å²) in [5.74, 6) is -1.63. The third kappa shape index (κ3) is 2.51. The number of benzene rings is 2. The van der Waals surface area contributed by atoms with Gasteiger partial charge in [-0.25, -0.2) is 8.78 Å². The molecule has 1 saturated carbocycles. The lowest BCUT2D eigenvalue weighted by Gasteiger charge is -2.17. The highest BCUT2D eigenvalue weighted by molar-refractivity contribution is 6.32. The van der Waals surface area contributed by atoms with Crippen molar-refractivity contribution < 1.29 is 13.6 Å². The van der Waals surface area contributed by atoms with E-state index < -0.39 is 17.0 Å². The summed E-state index contributed by atoms with van der Waals surface area (Å²) < 4.78 is 26.8. The second-order valence-electron chi connectivity index (χ2n) is 5.14. The largest absolute Gasteiger partial charge is 0.323 e. The van der Waals surface area contributed by atoms with Gasteiger partial charge in [0.2, 0.25) is 5.91 Å². The van der Waals surface area contributed by atoms with Gasteiger partial charge >= 0.3 is 0 Å². The van der Waals surface area contributed by atoms with E-state index in [1.165, 1.54) is 0 Å². The minimum absolute atomic E-state index is 0.154. The molecule has 0 aliphatic heterocycles. The quantitative estimate of drug-likeness (QED) is 0.900. The molecular formula is C16H12ClF2NO. The third-order valence-electron chi connectivity index (χ3n) is 3.75. The first-order valence-corrected chi connectivity index (χ1v) is 6.92. The molecule has 1 N–H and O–H groups in total. The molecule has 108 valence electrons. The van der Waals surface area contributed by atoms with Crippen LogP contribution in [0.1, 0.15) is 18.4 Å². The molecule has 0 saturated heterocycles. The van der Waals surface area contributed by atoms with Crippen LogP contribution < -0.4 is 5.32 Å². The summed E-state index contributed by atoms with van der Waals surface area (Å²) >= 11 is 6.14. The van der Waals surface area contributed by atoms with Crippen LogP contribution >= 0.6 is 11.6 Å². The minimum atomic E-state index is -0.739. The van der Waals surface area contributed by atoms with E-state index in [0.717, 1.165) is 23.8 Å². The molecule has 2 aromatic rings. The average Bonchev–Trinajstić information content (AvgIpc) is 3.25. The SMILES string of the molecule is O=C(Nc1cc(F)ccc1F)C1(c2ccccc2Cl)CC1. The molecule has 0 heterocycles. The lowest BCUT2D eigenvalue weighted by atomic mass is 9.95. The van der Waals surface area contributed by atoms with Gasteiger partial charge in [-0.15, -0.1) is 0 Å². The Hall–Kier alpha value is -1.94. The van der Waals surface area contributed by atoms with Gasteiger partial charge in [-0.3, -0.25) is 4.79 Å². The van der Waals surface area contributed by atoms with Crippen molar-refractivity contribution >= 4 is 23.2 Å². The van der Waals surface area contributed by atoms with Crippen LogP contribution in [0.4, 0.5) is 14.5 Å². The molecule has 0 aromatic heterocycles. The van der Waals surface area contributed by atoms with Crippen LogP contribution in [-0.4, -0.2) is 5.91 Å².